The molecule has 1 aromatic rings. The number of carboxylic acids is 1. The summed E-state index contributed by atoms with van der Waals surface area (Å²) in [5.74, 6) is -0.781. The highest BCUT2D eigenvalue weighted by molar-refractivity contribution is 5.91. The van der Waals surface area contributed by atoms with Gasteiger partial charge in [-0.2, -0.15) is 0 Å². The topological polar surface area (TPSA) is 70.1 Å². The molecule has 1 N–H and O–H groups in total. The number of benzene rings is 1. The third-order valence-corrected chi connectivity index (χ3v) is 6.22. The van der Waals surface area contributed by atoms with Crippen molar-refractivity contribution < 1.29 is 19.4 Å². The molecule has 1 saturated carbocycles. The summed E-state index contributed by atoms with van der Waals surface area (Å²) in [6.07, 6.45) is 1.11. The molecule has 2 heterocycles. The predicted molar refractivity (Wildman–Crippen MR) is 96.0 cm³/mol. The van der Waals surface area contributed by atoms with Crippen LogP contribution in [0, 0.1) is 17.3 Å². The van der Waals surface area contributed by atoms with Gasteiger partial charge in [0.2, 0.25) is 5.91 Å². The summed E-state index contributed by atoms with van der Waals surface area (Å²) in [7, 11) is 0. The van der Waals surface area contributed by atoms with Gasteiger partial charge in [-0.25, -0.2) is 0 Å². The molecule has 6 heteroatoms. The number of hydrogen-bond donors (Lipinski definition) is 1. The molecular weight excluding hydrogens is 332 g/mol. The molecule has 0 spiro atoms. The molecule has 2 aliphatic heterocycles. The maximum atomic E-state index is 12.7. The lowest BCUT2D eigenvalue weighted by molar-refractivity contribution is -0.142. The van der Waals surface area contributed by atoms with Crippen LogP contribution in [-0.4, -0.2) is 65.6 Å². The average Bonchev–Trinajstić information content (AvgIpc) is 2.97. The number of rotatable bonds is 4. The first-order valence-corrected chi connectivity index (χ1v) is 9.36. The maximum absolute atomic E-state index is 12.7. The molecule has 4 rings (SSSR count). The van der Waals surface area contributed by atoms with Crippen molar-refractivity contribution in [3.8, 4) is 5.75 Å². The van der Waals surface area contributed by atoms with Crippen LogP contribution in [0.3, 0.4) is 0 Å². The van der Waals surface area contributed by atoms with Crippen LogP contribution in [0.5, 0.6) is 5.75 Å². The number of carboxylic acid groups (broad SMARTS) is 1. The quantitative estimate of drug-likeness (QED) is 0.883. The van der Waals surface area contributed by atoms with Gasteiger partial charge in [0.15, 0.2) is 0 Å². The number of hydrogen-bond acceptors (Lipinski definition) is 4. The van der Waals surface area contributed by atoms with E-state index in [-0.39, 0.29) is 17.9 Å². The zero-order valence-electron chi connectivity index (χ0n) is 15.4. The molecule has 0 bridgehead atoms. The third-order valence-electron chi connectivity index (χ3n) is 6.22. The molecular formula is C20H26N2O4. The van der Waals surface area contributed by atoms with E-state index in [1.165, 1.54) is 5.56 Å². The molecule has 3 aliphatic rings. The summed E-state index contributed by atoms with van der Waals surface area (Å²) in [5, 5.41) is 9.29. The van der Waals surface area contributed by atoms with Crippen LogP contribution in [0.1, 0.15) is 19.4 Å². The van der Waals surface area contributed by atoms with E-state index in [4.69, 9.17) is 4.74 Å². The second-order valence-corrected chi connectivity index (χ2v) is 8.29. The van der Waals surface area contributed by atoms with Gasteiger partial charge in [0.25, 0.3) is 0 Å². The predicted octanol–water partition coefficient (Wildman–Crippen LogP) is 1.49. The van der Waals surface area contributed by atoms with Gasteiger partial charge < -0.3 is 14.7 Å². The summed E-state index contributed by atoms with van der Waals surface area (Å²) < 4.78 is 6.01. The van der Waals surface area contributed by atoms with E-state index in [0.29, 0.717) is 13.1 Å². The normalized spacial score (nSPS) is 29.8. The lowest BCUT2D eigenvalue weighted by Crippen LogP contribution is -2.51. The van der Waals surface area contributed by atoms with E-state index in [1.54, 1.807) is 0 Å². The zero-order valence-corrected chi connectivity index (χ0v) is 15.4. The molecule has 2 fully saturated rings. The summed E-state index contributed by atoms with van der Waals surface area (Å²) in [5.41, 5.74) is 0.839. The van der Waals surface area contributed by atoms with Crippen molar-refractivity contribution in [1.82, 2.24) is 9.80 Å². The summed E-state index contributed by atoms with van der Waals surface area (Å²) >= 11 is 0. The van der Waals surface area contributed by atoms with Gasteiger partial charge in [-0.1, -0.05) is 32.0 Å². The van der Waals surface area contributed by atoms with Crippen molar-refractivity contribution in [3.63, 3.8) is 0 Å². The van der Waals surface area contributed by atoms with Crippen LogP contribution >= 0.6 is 0 Å². The first kappa shape index (κ1) is 17.3. The molecule has 1 aliphatic carbocycles. The zero-order chi connectivity index (χ0) is 18.5. The maximum Gasteiger partial charge on any atom is 0.307 e. The Kier molecular flexibility index (Phi) is 4.18. The minimum atomic E-state index is -0.857. The number of aliphatic carboxylic acids is 1. The minimum Gasteiger partial charge on any atom is -0.488 e. The van der Waals surface area contributed by atoms with Crippen LogP contribution in [0.25, 0.3) is 0 Å². The summed E-state index contributed by atoms with van der Waals surface area (Å²) in [6, 6.07) is 8.17. The van der Waals surface area contributed by atoms with Crippen LogP contribution < -0.4 is 4.74 Å². The number of fused-ring (bicyclic) bond motifs is 1. The highest BCUT2D eigenvalue weighted by Crippen LogP contribution is 2.59. The van der Waals surface area contributed by atoms with Crippen molar-refractivity contribution in [2.75, 3.05) is 32.7 Å². The molecule has 0 aromatic heterocycles. The van der Waals surface area contributed by atoms with Crippen molar-refractivity contribution in [2.45, 2.75) is 26.4 Å². The van der Waals surface area contributed by atoms with Crippen LogP contribution in [-0.2, 0) is 16.0 Å². The lowest BCUT2D eigenvalue weighted by Gasteiger charge is -2.36. The molecule has 6 nitrogen and oxygen atoms in total. The standard InChI is InChI=1S/C20H26N2O4/c1-20(2)16(17(20)19(24)25)18(23)22-9-7-21(8-10-22)12-14-11-13-5-3-4-6-15(13)26-14/h3-6,14,16-17H,7-12H2,1-2H3,(H,24,25)/t14-,16-,17+/m1/s1. The molecule has 140 valence electrons. The molecule has 26 heavy (non-hydrogen) atoms. The highest BCUT2D eigenvalue weighted by Gasteiger charge is 2.66. The Morgan fingerprint density at radius 2 is 1.85 bits per heavy atom. The number of carbonyl (C=O) groups excluding carboxylic acids is 1. The molecule has 1 saturated heterocycles. The second kappa shape index (κ2) is 6.27. The molecule has 0 unspecified atom stereocenters. The number of para-hydroxylation sites is 1. The Morgan fingerprint density at radius 3 is 2.46 bits per heavy atom. The van der Waals surface area contributed by atoms with Gasteiger partial charge in [-0.3, -0.25) is 14.5 Å². The summed E-state index contributed by atoms with van der Waals surface area (Å²) in [4.78, 5) is 28.2. The fraction of sp³-hybridized carbons (Fsp3) is 0.600. The van der Waals surface area contributed by atoms with E-state index in [2.05, 4.69) is 11.0 Å². The first-order valence-electron chi connectivity index (χ1n) is 9.36. The number of piperazine rings is 1. The number of carbonyl (C=O) groups is 2. The van der Waals surface area contributed by atoms with Gasteiger partial charge in [0.05, 0.1) is 11.8 Å². The third kappa shape index (κ3) is 2.96. The second-order valence-electron chi connectivity index (χ2n) is 8.29. The van der Waals surface area contributed by atoms with Crippen molar-refractivity contribution in [2.24, 2.45) is 17.3 Å². The molecule has 1 amide bonds. The highest BCUT2D eigenvalue weighted by atomic mass is 16.5. The van der Waals surface area contributed by atoms with Crippen molar-refractivity contribution in [3.05, 3.63) is 29.8 Å². The molecule has 3 atom stereocenters. The Balaban J connectivity index is 1.27. The fourth-order valence-electron chi connectivity index (χ4n) is 4.55. The van der Waals surface area contributed by atoms with E-state index >= 15 is 0 Å². The monoisotopic (exact) mass is 358 g/mol. The first-order chi connectivity index (χ1) is 12.4. The van der Waals surface area contributed by atoms with Gasteiger partial charge >= 0.3 is 5.97 Å². The SMILES string of the molecule is CC1(C)[C@H](C(=O)O)[C@@H]1C(=O)N1CCN(C[C@H]2Cc3ccccc3O2)CC1. The number of amides is 1. The molecule has 1 aromatic carbocycles. The van der Waals surface area contributed by atoms with Gasteiger partial charge in [0.1, 0.15) is 11.9 Å². The Bertz CT molecular complexity index is 699. The van der Waals surface area contributed by atoms with Crippen LogP contribution in [0.2, 0.25) is 0 Å². The summed E-state index contributed by atoms with van der Waals surface area (Å²) in [6.45, 7) is 7.57. The average molecular weight is 358 g/mol. The van der Waals surface area contributed by atoms with E-state index in [9.17, 15) is 14.7 Å². The van der Waals surface area contributed by atoms with Crippen molar-refractivity contribution in [1.29, 1.82) is 0 Å². The Hall–Kier alpha value is -2.08. The van der Waals surface area contributed by atoms with Gasteiger partial charge in [0, 0.05) is 39.1 Å². The largest absolute Gasteiger partial charge is 0.488 e. The minimum absolute atomic E-state index is 0.00608. The number of ether oxygens (including phenoxy) is 1. The molecule has 0 radical (unpaired) electrons. The Morgan fingerprint density at radius 1 is 1.15 bits per heavy atom. The van der Waals surface area contributed by atoms with E-state index in [0.717, 1.165) is 31.8 Å². The van der Waals surface area contributed by atoms with Crippen LogP contribution in [0.15, 0.2) is 24.3 Å². The van der Waals surface area contributed by atoms with Crippen LogP contribution in [0.4, 0.5) is 0 Å². The number of nitrogens with zero attached hydrogens (tertiary/aromatic N) is 2. The van der Waals surface area contributed by atoms with Gasteiger partial charge in [-0.05, 0) is 17.0 Å². The Labute approximate surface area is 153 Å². The lowest BCUT2D eigenvalue weighted by atomic mass is 10.1. The van der Waals surface area contributed by atoms with Crippen molar-refractivity contribution >= 4 is 11.9 Å². The smallest absolute Gasteiger partial charge is 0.307 e. The fourth-order valence-corrected chi connectivity index (χ4v) is 4.55. The van der Waals surface area contributed by atoms with E-state index < -0.39 is 17.3 Å². The van der Waals surface area contributed by atoms with E-state index in [1.807, 2.05) is 36.9 Å². The van der Waals surface area contributed by atoms with Gasteiger partial charge in [-0.15, -0.1) is 0 Å².